The van der Waals surface area contributed by atoms with Crippen LogP contribution in [0.1, 0.15) is 22.3 Å². The molecule has 0 fully saturated rings. The van der Waals surface area contributed by atoms with E-state index in [-0.39, 0.29) is 0 Å². The molecule has 82 heavy (non-hydrogen) atoms. The molecule has 2 heterocycles. The fourth-order valence-electron chi connectivity index (χ4n) is 14.3. The van der Waals surface area contributed by atoms with Gasteiger partial charge in [0.15, 0.2) is 0 Å². The van der Waals surface area contributed by atoms with Gasteiger partial charge in [-0.25, -0.2) is 0 Å². The van der Waals surface area contributed by atoms with Crippen LogP contribution in [0.5, 0.6) is 0 Å². The van der Waals surface area contributed by atoms with Crippen LogP contribution in [0.25, 0.3) is 111 Å². The Balaban J connectivity index is 0.854. The van der Waals surface area contributed by atoms with E-state index in [1.54, 1.807) is 0 Å². The van der Waals surface area contributed by atoms with Crippen molar-refractivity contribution < 1.29 is 0 Å². The number of anilines is 3. The van der Waals surface area contributed by atoms with E-state index in [1.807, 2.05) is 0 Å². The van der Waals surface area contributed by atoms with Gasteiger partial charge < -0.3 is 14.0 Å². The number of fused-ring (bicyclic) bond motifs is 16. The van der Waals surface area contributed by atoms with E-state index in [1.165, 1.54) is 116 Å². The molecular weight excluding hydrogens is 991 g/mol. The zero-order chi connectivity index (χ0) is 53.9. The van der Waals surface area contributed by atoms with Crippen molar-refractivity contribution in [2.45, 2.75) is 5.41 Å². The summed E-state index contributed by atoms with van der Waals surface area (Å²) < 4.78 is 4.81. The Bertz CT molecular complexity index is 4950. The van der Waals surface area contributed by atoms with Crippen molar-refractivity contribution in [3.8, 4) is 67.0 Å². The van der Waals surface area contributed by atoms with Gasteiger partial charge in [0.2, 0.25) is 0 Å². The van der Waals surface area contributed by atoms with E-state index in [4.69, 9.17) is 0 Å². The van der Waals surface area contributed by atoms with Crippen molar-refractivity contribution >= 4 is 60.7 Å². The molecule has 0 radical (unpaired) electrons. The topological polar surface area (TPSA) is 13.1 Å². The van der Waals surface area contributed by atoms with Crippen molar-refractivity contribution in [1.82, 2.24) is 9.13 Å². The largest absolute Gasteiger partial charge is 0.310 e. The third kappa shape index (κ3) is 6.71. The highest BCUT2D eigenvalue weighted by molar-refractivity contribution is 6.16. The summed E-state index contributed by atoms with van der Waals surface area (Å²) in [7, 11) is 0. The van der Waals surface area contributed by atoms with Crippen LogP contribution in [0, 0.1) is 0 Å². The summed E-state index contributed by atoms with van der Waals surface area (Å²) in [6.07, 6.45) is 0. The molecule has 3 nitrogen and oxygen atoms in total. The maximum absolute atomic E-state index is 2.52. The lowest BCUT2D eigenvalue weighted by atomic mass is 9.70. The average molecular weight is 1040 g/mol. The fraction of sp³-hybridized carbons (Fsp3) is 0.0127. The molecule has 0 bridgehead atoms. The highest BCUT2D eigenvalue weighted by atomic mass is 15.1. The molecule has 0 amide bonds. The van der Waals surface area contributed by atoms with Crippen LogP contribution >= 0.6 is 0 Å². The summed E-state index contributed by atoms with van der Waals surface area (Å²) in [4.78, 5) is 2.52. The van der Waals surface area contributed by atoms with Gasteiger partial charge in [0.1, 0.15) is 0 Å². The number of rotatable bonds is 8. The Morgan fingerprint density at radius 2 is 0.659 bits per heavy atom. The number of hydrogen-bond donors (Lipinski definition) is 0. The van der Waals surface area contributed by atoms with E-state index in [0.29, 0.717) is 0 Å². The van der Waals surface area contributed by atoms with Crippen LogP contribution in [0.3, 0.4) is 0 Å². The molecule has 2 aliphatic carbocycles. The predicted octanol–water partition coefficient (Wildman–Crippen LogP) is 20.7. The minimum atomic E-state index is -0.550. The Morgan fingerprint density at radius 3 is 1.24 bits per heavy atom. The standard InChI is InChI=1S/C79H51N3/c1-4-20-52(21-5-1)55-42-48-73-67(50-55)68-51-56(43-49-74(68)81(73)57-22-6-2-7-23-57)53-38-44-59(45-39-53)80(60-46-40-54(41-47-60)61-30-18-36-75-77(61)66-29-13-17-35-72(66)82(75)58-24-8-3-9-25-58)76-37-19-31-65-64-28-12-16-34-71(64)79(78(65)76)69-32-14-10-26-62(69)63-27-11-15-33-70(63)79/h1-51H. The first-order chi connectivity index (χ1) is 40.7. The summed E-state index contributed by atoms with van der Waals surface area (Å²) in [5.74, 6) is 0. The molecule has 382 valence electrons. The predicted molar refractivity (Wildman–Crippen MR) is 342 cm³/mol. The molecule has 0 atom stereocenters. The van der Waals surface area contributed by atoms with Crippen molar-refractivity contribution in [1.29, 1.82) is 0 Å². The van der Waals surface area contributed by atoms with Gasteiger partial charge in [0.05, 0.1) is 33.2 Å². The lowest BCUT2D eigenvalue weighted by molar-refractivity contribution is 0.793. The summed E-state index contributed by atoms with van der Waals surface area (Å²) in [6, 6.07) is 115. The van der Waals surface area contributed by atoms with E-state index in [2.05, 4.69) is 323 Å². The first-order valence-electron chi connectivity index (χ1n) is 28.4. The molecule has 1 spiro atoms. The number of para-hydroxylation sites is 3. The minimum Gasteiger partial charge on any atom is -0.310 e. The van der Waals surface area contributed by atoms with Gasteiger partial charge in [0, 0.05) is 49.9 Å². The second-order valence-electron chi connectivity index (χ2n) is 21.9. The first kappa shape index (κ1) is 46.2. The Labute approximate surface area is 476 Å². The quantitative estimate of drug-likeness (QED) is 0.148. The smallest absolute Gasteiger partial charge is 0.0746 e. The second-order valence-corrected chi connectivity index (χ2v) is 21.9. The maximum Gasteiger partial charge on any atom is 0.0746 e. The van der Waals surface area contributed by atoms with Crippen molar-refractivity contribution in [2.75, 3.05) is 4.90 Å². The van der Waals surface area contributed by atoms with E-state index in [9.17, 15) is 0 Å². The van der Waals surface area contributed by atoms with Crippen LogP contribution in [0.4, 0.5) is 17.1 Å². The number of benzene rings is 13. The SMILES string of the molecule is c1ccc(-c2ccc3c(c2)c2cc(-c4ccc(N(c5ccc(-c6cccc7c6c6ccccc6n7-c6ccccc6)cc5)c5cccc6c5C5(c7ccccc7-c7ccccc75)c5ccccc5-6)cc4)ccc2n3-c2ccccc2)cc1. The van der Waals surface area contributed by atoms with E-state index < -0.39 is 5.41 Å². The van der Waals surface area contributed by atoms with Gasteiger partial charge in [-0.1, -0.05) is 218 Å². The lowest BCUT2D eigenvalue weighted by Gasteiger charge is -2.36. The summed E-state index contributed by atoms with van der Waals surface area (Å²) in [5.41, 5.74) is 27.3. The minimum absolute atomic E-state index is 0.550. The Morgan fingerprint density at radius 1 is 0.256 bits per heavy atom. The zero-order valence-electron chi connectivity index (χ0n) is 44.8. The molecule has 3 heteroatoms. The maximum atomic E-state index is 2.52. The van der Waals surface area contributed by atoms with Crippen molar-refractivity contribution in [2.24, 2.45) is 0 Å². The van der Waals surface area contributed by atoms with Crippen LogP contribution < -0.4 is 4.90 Å². The third-order valence-electron chi connectivity index (χ3n) is 17.7. The van der Waals surface area contributed by atoms with Gasteiger partial charge in [-0.15, -0.1) is 0 Å². The normalized spacial score (nSPS) is 12.7. The van der Waals surface area contributed by atoms with Gasteiger partial charge in [-0.2, -0.15) is 0 Å². The number of aromatic nitrogens is 2. The Hall–Kier alpha value is -10.7. The van der Waals surface area contributed by atoms with Crippen molar-refractivity contribution in [3.63, 3.8) is 0 Å². The van der Waals surface area contributed by atoms with Crippen LogP contribution in [0.15, 0.2) is 309 Å². The summed E-state index contributed by atoms with van der Waals surface area (Å²) in [5, 5.41) is 4.94. The highest BCUT2D eigenvalue weighted by Crippen LogP contribution is 2.65. The lowest BCUT2D eigenvalue weighted by Crippen LogP contribution is -2.28. The molecule has 15 aromatic rings. The van der Waals surface area contributed by atoms with Gasteiger partial charge in [-0.3, -0.25) is 0 Å². The zero-order valence-corrected chi connectivity index (χ0v) is 44.8. The molecule has 0 aliphatic heterocycles. The molecule has 2 aliphatic rings. The van der Waals surface area contributed by atoms with Gasteiger partial charge in [0.25, 0.3) is 0 Å². The van der Waals surface area contributed by atoms with E-state index in [0.717, 1.165) is 34.0 Å². The third-order valence-corrected chi connectivity index (χ3v) is 17.7. The number of nitrogens with zero attached hydrogens (tertiary/aromatic N) is 3. The molecule has 0 saturated carbocycles. The molecule has 0 N–H and O–H groups in total. The second kappa shape index (κ2) is 18.2. The number of hydrogen-bond acceptors (Lipinski definition) is 1. The summed E-state index contributed by atoms with van der Waals surface area (Å²) in [6.45, 7) is 0. The van der Waals surface area contributed by atoms with Crippen LogP contribution in [-0.4, -0.2) is 9.13 Å². The first-order valence-corrected chi connectivity index (χ1v) is 28.4. The van der Waals surface area contributed by atoms with Gasteiger partial charge >= 0.3 is 0 Å². The van der Waals surface area contributed by atoms with Crippen LogP contribution in [0.2, 0.25) is 0 Å². The van der Waals surface area contributed by atoms with Gasteiger partial charge in [-0.05, 0) is 163 Å². The molecule has 13 aromatic carbocycles. The van der Waals surface area contributed by atoms with Crippen molar-refractivity contribution in [3.05, 3.63) is 332 Å². The molecule has 2 aromatic heterocycles. The van der Waals surface area contributed by atoms with Crippen LogP contribution in [-0.2, 0) is 5.41 Å². The molecule has 0 saturated heterocycles. The fourth-order valence-corrected chi connectivity index (χ4v) is 14.3. The highest BCUT2D eigenvalue weighted by Gasteiger charge is 2.53. The monoisotopic (exact) mass is 1040 g/mol. The Kier molecular flexibility index (Phi) is 10.2. The summed E-state index contributed by atoms with van der Waals surface area (Å²) >= 11 is 0. The molecule has 17 rings (SSSR count). The average Bonchev–Trinajstić information content (AvgIpc) is 3.45. The van der Waals surface area contributed by atoms with E-state index >= 15 is 0 Å². The molecule has 0 unspecified atom stereocenters. The molecular formula is C79H51N3.